The predicted octanol–water partition coefficient (Wildman–Crippen LogP) is 4.23. The van der Waals surface area contributed by atoms with E-state index in [1.807, 2.05) is 12.1 Å². The van der Waals surface area contributed by atoms with Gasteiger partial charge >= 0.3 is 0 Å². The van der Waals surface area contributed by atoms with Gasteiger partial charge in [0.1, 0.15) is 11.4 Å². The molecule has 4 rings (SSSR count). The highest BCUT2D eigenvalue weighted by atomic mass is 16.5. The number of benzene rings is 2. The minimum absolute atomic E-state index is 0.0936. The third-order valence-corrected chi connectivity index (χ3v) is 4.99. The molecule has 0 bridgehead atoms. The van der Waals surface area contributed by atoms with Crippen LogP contribution < -0.4 is 10.3 Å². The number of nitrogens with zero attached hydrogens (tertiary/aromatic N) is 2. The lowest BCUT2D eigenvalue weighted by Crippen LogP contribution is -2.24. The molecule has 138 valence electrons. The highest BCUT2D eigenvalue weighted by molar-refractivity contribution is 5.62. The van der Waals surface area contributed by atoms with Gasteiger partial charge in [-0.3, -0.25) is 4.79 Å². The van der Waals surface area contributed by atoms with E-state index in [1.54, 1.807) is 12.1 Å². The SMILES string of the molecule is CCc1ccc(Cn2nc(-c3ccc4c(c3)CC(C)(C)O4)ccc2=O)cc1. The van der Waals surface area contributed by atoms with Gasteiger partial charge in [0.15, 0.2) is 0 Å². The van der Waals surface area contributed by atoms with Gasteiger partial charge in [-0.25, -0.2) is 4.68 Å². The first-order valence-corrected chi connectivity index (χ1v) is 9.42. The molecule has 0 amide bonds. The second-order valence-electron chi connectivity index (χ2n) is 7.75. The third-order valence-electron chi connectivity index (χ3n) is 4.99. The number of aryl methyl sites for hydroxylation is 1. The van der Waals surface area contributed by atoms with Crippen molar-refractivity contribution < 1.29 is 4.74 Å². The Labute approximate surface area is 159 Å². The Kier molecular flexibility index (Phi) is 4.34. The predicted molar refractivity (Wildman–Crippen MR) is 107 cm³/mol. The molecule has 0 radical (unpaired) electrons. The fraction of sp³-hybridized carbons (Fsp3) is 0.304. The summed E-state index contributed by atoms with van der Waals surface area (Å²) in [6.07, 6.45) is 1.88. The second-order valence-corrected chi connectivity index (χ2v) is 7.75. The molecule has 1 aromatic heterocycles. The topological polar surface area (TPSA) is 44.1 Å². The molecule has 3 aromatic rings. The molecule has 2 heterocycles. The van der Waals surface area contributed by atoms with Gasteiger partial charge < -0.3 is 4.74 Å². The molecule has 4 nitrogen and oxygen atoms in total. The lowest BCUT2D eigenvalue weighted by molar-refractivity contribution is 0.138. The summed E-state index contributed by atoms with van der Waals surface area (Å²) in [6.45, 7) is 6.79. The molecule has 2 aromatic carbocycles. The largest absolute Gasteiger partial charge is 0.487 e. The molecule has 0 saturated carbocycles. The van der Waals surface area contributed by atoms with E-state index in [2.05, 4.69) is 56.2 Å². The Hall–Kier alpha value is -2.88. The van der Waals surface area contributed by atoms with Crippen molar-refractivity contribution in [3.63, 3.8) is 0 Å². The van der Waals surface area contributed by atoms with E-state index in [0.717, 1.165) is 35.4 Å². The van der Waals surface area contributed by atoms with Crippen LogP contribution in [0, 0.1) is 0 Å². The summed E-state index contributed by atoms with van der Waals surface area (Å²) >= 11 is 0. The van der Waals surface area contributed by atoms with Gasteiger partial charge in [0, 0.05) is 18.1 Å². The molecule has 4 heteroatoms. The molecule has 1 aliphatic rings. The second kappa shape index (κ2) is 6.69. The number of aromatic nitrogens is 2. The molecule has 0 atom stereocenters. The normalized spacial score (nSPS) is 14.6. The summed E-state index contributed by atoms with van der Waals surface area (Å²) in [6, 6.07) is 17.9. The van der Waals surface area contributed by atoms with Crippen LogP contribution in [-0.2, 0) is 19.4 Å². The Morgan fingerprint density at radius 1 is 1.04 bits per heavy atom. The van der Waals surface area contributed by atoms with Crippen LogP contribution >= 0.6 is 0 Å². The van der Waals surface area contributed by atoms with Gasteiger partial charge in [0.25, 0.3) is 5.56 Å². The Balaban J connectivity index is 1.64. The van der Waals surface area contributed by atoms with Gasteiger partial charge in [-0.15, -0.1) is 0 Å². The van der Waals surface area contributed by atoms with Gasteiger partial charge in [-0.2, -0.15) is 5.10 Å². The molecular formula is C23H24N2O2. The van der Waals surface area contributed by atoms with Gasteiger partial charge in [-0.05, 0) is 61.2 Å². The number of rotatable bonds is 4. The summed E-state index contributed by atoms with van der Waals surface area (Å²) < 4.78 is 7.48. The third kappa shape index (κ3) is 3.65. The smallest absolute Gasteiger partial charge is 0.267 e. The zero-order chi connectivity index (χ0) is 19.0. The van der Waals surface area contributed by atoms with Crippen LogP contribution in [0.1, 0.15) is 37.5 Å². The lowest BCUT2D eigenvalue weighted by Gasteiger charge is -2.16. The molecule has 27 heavy (non-hydrogen) atoms. The number of ether oxygens (including phenoxy) is 1. The van der Waals surface area contributed by atoms with Crippen molar-refractivity contribution in [1.82, 2.24) is 9.78 Å². The van der Waals surface area contributed by atoms with Crippen molar-refractivity contribution in [2.24, 2.45) is 0 Å². The van der Waals surface area contributed by atoms with Crippen molar-refractivity contribution in [2.45, 2.75) is 45.8 Å². The van der Waals surface area contributed by atoms with Crippen molar-refractivity contribution in [1.29, 1.82) is 0 Å². The fourth-order valence-corrected chi connectivity index (χ4v) is 3.54. The van der Waals surface area contributed by atoms with Crippen LogP contribution in [-0.4, -0.2) is 15.4 Å². The highest BCUT2D eigenvalue weighted by Crippen LogP contribution is 2.36. The minimum atomic E-state index is -0.169. The van der Waals surface area contributed by atoms with Crippen LogP contribution in [0.15, 0.2) is 59.4 Å². The van der Waals surface area contributed by atoms with E-state index >= 15 is 0 Å². The zero-order valence-electron chi connectivity index (χ0n) is 16.0. The Morgan fingerprint density at radius 3 is 2.52 bits per heavy atom. The van der Waals surface area contributed by atoms with Gasteiger partial charge in [-0.1, -0.05) is 31.2 Å². The first kappa shape index (κ1) is 17.5. The molecule has 0 spiro atoms. The fourth-order valence-electron chi connectivity index (χ4n) is 3.54. The molecule has 0 N–H and O–H groups in total. The van der Waals surface area contributed by atoms with E-state index in [0.29, 0.717) is 6.54 Å². The molecular weight excluding hydrogens is 336 g/mol. The lowest BCUT2D eigenvalue weighted by atomic mass is 9.99. The maximum absolute atomic E-state index is 12.3. The number of hydrogen-bond acceptors (Lipinski definition) is 3. The van der Waals surface area contributed by atoms with Gasteiger partial charge in [0.05, 0.1) is 12.2 Å². The molecule has 0 saturated heterocycles. The molecule has 0 fully saturated rings. The van der Waals surface area contributed by atoms with Crippen LogP contribution in [0.2, 0.25) is 0 Å². The quantitative estimate of drug-likeness (QED) is 0.699. The summed E-state index contributed by atoms with van der Waals surface area (Å²) in [5, 5.41) is 4.61. The summed E-state index contributed by atoms with van der Waals surface area (Å²) in [5.41, 5.74) is 5.09. The van der Waals surface area contributed by atoms with Crippen LogP contribution in [0.25, 0.3) is 11.3 Å². The standard InChI is InChI=1S/C23H24N2O2/c1-4-16-5-7-17(8-6-16)15-25-22(26)12-10-20(24-25)18-9-11-21-19(13-18)14-23(2,3)27-21/h5-13H,4,14-15H2,1-3H3. The van der Waals surface area contributed by atoms with E-state index in [-0.39, 0.29) is 11.2 Å². The monoisotopic (exact) mass is 360 g/mol. The molecule has 0 unspecified atom stereocenters. The molecule has 0 aliphatic carbocycles. The average Bonchev–Trinajstić information content (AvgIpc) is 2.97. The number of fused-ring (bicyclic) bond motifs is 1. The zero-order valence-corrected chi connectivity index (χ0v) is 16.0. The van der Waals surface area contributed by atoms with E-state index in [9.17, 15) is 4.79 Å². The maximum Gasteiger partial charge on any atom is 0.267 e. The van der Waals surface area contributed by atoms with Crippen LogP contribution in [0.4, 0.5) is 0 Å². The van der Waals surface area contributed by atoms with Crippen LogP contribution in [0.5, 0.6) is 5.75 Å². The van der Waals surface area contributed by atoms with Crippen molar-refractivity contribution in [3.8, 4) is 17.0 Å². The Morgan fingerprint density at radius 2 is 1.78 bits per heavy atom. The van der Waals surface area contributed by atoms with Gasteiger partial charge in [0.2, 0.25) is 0 Å². The maximum atomic E-state index is 12.3. The van der Waals surface area contributed by atoms with Crippen molar-refractivity contribution >= 4 is 0 Å². The Bertz CT molecular complexity index is 1030. The van der Waals surface area contributed by atoms with Crippen molar-refractivity contribution in [2.75, 3.05) is 0 Å². The van der Waals surface area contributed by atoms with E-state index in [4.69, 9.17) is 4.74 Å². The average molecular weight is 360 g/mol. The van der Waals surface area contributed by atoms with E-state index in [1.165, 1.54) is 15.8 Å². The summed E-state index contributed by atoms with van der Waals surface area (Å²) in [7, 11) is 0. The van der Waals surface area contributed by atoms with Crippen LogP contribution in [0.3, 0.4) is 0 Å². The minimum Gasteiger partial charge on any atom is -0.487 e. The van der Waals surface area contributed by atoms with Crippen molar-refractivity contribution in [3.05, 3.63) is 81.6 Å². The first-order valence-electron chi connectivity index (χ1n) is 9.42. The molecule has 1 aliphatic heterocycles. The summed E-state index contributed by atoms with van der Waals surface area (Å²) in [4.78, 5) is 12.3. The first-order chi connectivity index (χ1) is 12.9. The summed E-state index contributed by atoms with van der Waals surface area (Å²) in [5.74, 6) is 0.938. The highest BCUT2D eigenvalue weighted by Gasteiger charge is 2.30. The number of hydrogen-bond donors (Lipinski definition) is 0. The van der Waals surface area contributed by atoms with E-state index < -0.39 is 0 Å².